The summed E-state index contributed by atoms with van der Waals surface area (Å²) >= 11 is 0. The van der Waals surface area contributed by atoms with Crippen LogP contribution in [-0.2, 0) is 9.47 Å². The van der Waals surface area contributed by atoms with Crippen LogP contribution in [0, 0.1) is 18.3 Å². The molecule has 2 heterocycles. The molecule has 1 aromatic rings. The van der Waals surface area contributed by atoms with Gasteiger partial charge in [0.25, 0.3) is 5.91 Å². The molecule has 2 rings (SSSR count). The second-order valence-electron chi connectivity index (χ2n) is 5.83. The van der Waals surface area contributed by atoms with Crippen molar-refractivity contribution in [1.29, 1.82) is 5.26 Å². The number of morpholine rings is 1. The summed E-state index contributed by atoms with van der Waals surface area (Å²) in [6.45, 7) is 6.95. The molecule has 0 spiro atoms. The second-order valence-corrected chi connectivity index (χ2v) is 5.83. The van der Waals surface area contributed by atoms with Crippen molar-refractivity contribution in [1.82, 2.24) is 4.90 Å². The number of nitrogens with zero attached hydrogens (tertiary/aromatic N) is 2. The molecule has 0 aromatic carbocycles. The lowest BCUT2D eigenvalue weighted by Crippen LogP contribution is -2.55. The molecule has 0 saturated carbocycles. The van der Waals surface area contributed by atoms with E-state index in [1.165, 1.54) is 6.07 Å². The number of nitriles is 1. The summed E-state index contributed by atoms with van der Waals surface area (Å²) in [5.41, 5.74) is -0.00675. The molecule has 1 amide bonds. The molecule has 1 aliphatic heterocycles. The Bertz CT molecular complexity index is 571. The zero-order valence-electron chi connectivity index (χ0n) is 12.8. The van der Waals surface area contributed by atoms with Gasteiger partial charge in [-0.3, -0.25) is 4.79 Å². The average molecular weight is 292 g/mol. The van der Waals surface area contributed by atoms with Gasteiger partial charge in [0.15, 0.2) is 0 Å². The van der Waals surface area contributed by atoms with Gasteiger partial charge in [-0.05, 0) is 20.8 Å². The normalized spacial score (nSPS) is 21.1. The number of furan rings is 1. The summed E-state index contributed by atoms with van der Waals surface area (Å²) in [6.07, 6.45) is -0.162. The van der Waals surface area contributed by atoms with Crippen LogP contribution < -0.4 is 0 Å². The zero-order chi connectivity index (χ0) is 15.6. The lowest BCUT2D eigenvalue weighted by Gasteiger charge is -2.42. The molecule has 0 aliphatic carbocycles. The minimum atomic E-state index is -0.438. The van der Waals surface area contributed by atoms with Crippen molar-refractivity contribution in [3.8, 4) is 6.07 Å². The smallest absolute Gasteiger partial charge is 0.257 e. The fourth-order valence-electron chi connectivity index (χ4n) is 2.64. The van der Waals surface area contributed by atoms with Gasteiger partial charge in [-0.1, -0.05) is 0 Å². The minimum absolute atomic E-state index is 0.143. The van der Waals surface area contributed by atoms with E-state index < -0.39 is 5.60 Å². The first-order valence-electron chi connectivity index (χ1n) is 6.83. The Morgan fingerprint density at radius 2 is 2.33 bits per heavy atom. The van der Waals surface area contributed by atoms with E-state index in [1.807, 2.05) is 19.9 Å². The molecule has 21 heavy (non-hydrogen) atoms. The highest BCUT2D eigenvalue weighted by molar-refractivity contribution is 5.95. The highest BCUT2D eigenvalue weighted by atomic mass is 16.5. The quantitative estimate of drug-likeness (QED) is 0.848. The summed E-state index contributed by atoms with van der Waals surface area (Å²) in [6, 6.07) is 3.40. The number of ether oxygens (including phenoxy) is 2. The third-order valence-electron chi connectivity index (χ3n) is 3.38. The van der Waals surface area contributed by atoms with E-state index in [2.05, 4.69) is 0 Å². The summed E-state index contributed by atoms with van der Waals surface area (Å²) in [5.74, 6) is 0.469. The molecule has 6 heteroatoms. The highest BCUT2D eigenvalue weighted by Gasteiger charge is 2.36. The standard InChI is InChI=1S/C15H20N2O4/c1-10-13(5-11(6-16)20-10)14(18)17-7-12(8-19-4)21-15(2,3)9-17/h5,12H,7-9H2,1-4H3. The first-order chi connectivity index (χ1) is 9.86. The van der Waals surface area contributed by atoms with Crippen molar-refractivity contribution >= 4 is 5.91 Å². The fourth-order valence-corrected chi connectivity index (χ4v) is 2.64. The number of aryl methyl sites for hydroxylation is 1. The molecule has 0 N–H and O–H groups in total. The first-order valence-corrected chi connectivity index (χ1v) is 6.83. The number of carbonyl (C=O) groups excluding carboxylic acids is 1. The number of hydrogen-bond acceptors (Lipinski definition) is 5. The Balaban J connectivity index is 2.21. The predicted octanol–water partition coefficient (Wildman–Crippen LogP) is 1.73. The molecule has 1 unspecified atom stereocenters. The van der Waals surface area contributed by atoms with Gasteiger partial charge in [0.1, 0.15) is 11.8 Å². The molecule has 1 atom stereocenters. The highest BCUT2D eigenvalue weighted by Crippen LogP contribution is 2.24. The Kier molecular flexibility index (Phi) is 4.35. The van der Waals surface area contributed by atoms with Gasteiger partial charge in [0.2, 0.25) is 5.76 Å². The van der Waals surface area contributed by atoms with Crippen LogP contribution in [0.2, 0.25) is 0 Å². The number of hydrogen-bond donors (Lipinski definition) is 0. The molecule has 1 fully saturated rings. The van der Waals surface area contributed by atoms with Gasteiger partial charge in [-0.25, -0.2) is 0 Å². The first kappa shape index (κ1) is 15.5. The maximum atomic E-state index is 12.6. The maximum absolute atomic E-state index is 12.6. The Morgan fingerprint density at radius 1 is 1.62 bits per heavy atom. The van der Waals surface area contributed by atoms with Crippen molar-refractivity contribution in [3.63, 3.8) is 0 Å². The largest absolute Gasteiger partial charge is 0.450 e. The summed E-state index contributed by atoms with van der Waals surface area (Å²) in [5, 5.41) is 8.86. The third-order valence-corrected chi connectivity index (χ3v) is 3.38. The Morgan fingerprint density at radius 3 is 2.90 bits per heavy atom. The van der Waals surface area contributed by atoms with Crippen molar-refractivity contribution in [2.24, 2.45) is 0 Å². The number of methoxy groups -OCH3 is 1. The lowest BCUT2D eigenvalue weighted by molar-refractivity contribution is -0.143. The van der Waals surface area contributed by atoms with Gasteiger partial charge < -0.3 is 18.8 Å². The second kappa shape index (κ2) is 5.88. The van der Waals surface area contributed by atoms with E-state index in [9.17, 15) is 4.79 Å². The Labute approximate surface area is 124 Å². The number of amides is 1. The summed E-state index contributed by atoms with van der Waals surface area (Å²) in [7, 11) is 1.61. The average Bonchev–Trinajstić information content (AvgIpc) is 2.77. The van der Waals surface area contributed by atoms with Crippen LogP contribution in [-0.4, -0.2) is 49.3 Å². The SMILES string of the molecule is COCC1CN(C(=O)c2cc(C#N)oc2C)CC(C)(C)O1. The van der Waals surface area contributed by atoms with Crippen LogP contribution in [0.1, 0.15) is 35.7 Å². The molecule has 6 nitrogen and oxygen atoms in total. The maximum Gasteiger partial charge on any atom is 0.257 e. The van der Waals surface area contributed by atoms with E-state index in [0.29, 0.717) is 31.0 Å². The van der Waals surface area contributed by atoms with Crippen LogP contribution in [0.4, 0.5) is 0 Å². The van der Waals surface area contributed by atoms with E-state index in [1.54, 1.807) is 18.9 Å². The molecular weight excluding hydrogens is 272 g/mol. The molecule has 0 radical (unpaired) electrons. The molecule has 1 saturated heterocycles. The van der Waals surface area contributed by atoms with E-state index in [0.717, 1.165) is 0 Å². The van der Waals surface area contributed by atoms with Crippen molar-refractivity contribution < 1.29 is 18.7 Å². The minimum Gasteiger partial charge on any atom is -0.450 e. The molecule has 0 bridgehead atoms. The van der Waals surface area contributed by atoms with Crippen molar-refractivity contribution in [3.05, 3.63) is 23.2 Å². The van der Waals surface area contributed by atoms with Crippen LogP contribution in [0.5, 0.6) is 0 Å². The number of carbonyl (C=O) groups is 1. The van der Waals surface area contributed by atoms with Crippen LogP contribution >= 0.6 is 0 Å². The van der Waals surface area contributed by atoms with E-state index in [4.69, 9.17) is 19.2 Å². The fraction of sp³-hybridized carbons (Fsp3) is 0.600. The van der Waals surface area contributed by atoms with Gasteiger partial charge >= 0.3 is 0 Å². The predicted molar refractivity (Wildman–Crippen MR) is 74.9 cm³/mol. The monoisotopic (exact) mass is 292 g/mol. The van der Waals surface area contributed by atoms with Crippen LogP contribution in [0.25, 0.3) is 0 Å². The van der Waals surface area contributed by atoms with Gasteiger partial charge in [-0.2, -0.15) is 5.26 Å². The van der Waals surface area contributed by atoms with Gasteiger partial charge in [-0.15, -0.1) is 0 Å². The van der Waals surface area contributed by atoms with Crippen LogP contribution in [0.3, 0.4) is 0 Å². The van der Waals surface area contributed by atoms with E-state index in [-0.39, 0.29) is 17.8 Å². The van der Waals surface area contributed by atoms with Gasteiger partial charge in [0.05, 0.1) is 23.9 Å². The number of rotatable bonds is 3. The molecule has 114 valence electrons. The molecular formula is C15H20N2O4. The molecule has 1 aromatic heterocycles. The van der Waals surface area contributed by atoms with Gasteiger partial charge in [0, 0.05) is 26.3 Å². The Hall–Kier alpha value is -1.84. The van der Waals surface area contributed by atoms with Crippen LogP contribution in [0.15, 0.2) is 10.5 Å². The van der Waals surface area contributed by atoms with E-state index >= 15 is 0 Å². The topological polar surface area (TPSA) is 75.7 Å². The summed E-state index contributed by atoms with van der Waals surface area (Å²) in [4.78, 5) is 14.4. The molecule has 1 aliphatic rings. The third kappa shape index (κ3) is 3.43. The zero-order valence-corrected chi connectivity index (χ0v) is 12.8. The lowest BCUT2D eigenvalue weighted by atomic mass is 10.0. The summed E-state index contributed by atoms with van der Waals surface area (Å²) < 4.78 is 16.3. The van der Waals surface area contributed by atoms with Crippen molar-refractivity contribution in [2.75, 3.05) is 26.8 Å². The van der Waals surface area contributed by atoms with Crippen molar-refractivity contribution in [2.45, 2.75) is 32.5 Å².